The highest BCUT2D eigenvalue weighted by Gasteiger charge is 2.32. The molecule has 27 heavy (non-hydrogen) atoms. The summed E-state index contributed by atoms with van der Waals surface area (Å²) in [6.45, 7) is -2.98. The van der Waals surface area contributed by atoms with Crippen molar-refractivity contribution in [2.45, 2.75) is 31.9 Å². The van der Waals surface area contributed by atoms with Crippen LogP contribution in [0.3, 0.4) is 0 Å². The molecule has 0 amide bonds. The molecule has 2 heterocycles. The van der Waals surface area contributed by atoms with Gasteiger partial charge in [-0.1, -0.05) is 0 Å². The van der Waals surface area contributed by atoms with Crippen LogP contribution in [0.15, 0.2) is 29.7 Å². The minimum Gasteiger partial charge on any atom is -0.417 e. The van der Waals surface area contributed by atoms with Crippen LogP contribution in [0.5, 0.6) is 5.88 Å². The molecule has 0 radical (unpaired) electrons. The van der Waals surface area contributed by atoms with Crippen molar-refractivity contribution in [3.8, 4) is 11.9 Å². The monoisotopic (exact) mass is 376 g/mol. The number of nitroso groups, excluding NO2 is 1. The first-order valence-corrected chi connectivity index (χ1v) is 8.02. The summed E-state index contributed by atoms with van der Waals surface area (Å²) >= 11 is 0. The molecule has 11 heteroatoms. The van der Waals surface area contributed by atoms with Crippen molar-refractivity contribution in [1.29, 1.82) is 5.26 Å². The van der Waals surface area contributed by atoms with E-state index in [2.05, 4.69) is 31.4 Å². The Bertz CT molecular complexity index is 877. The number of alkyl halides is 2. The molecule has 0 bridgehead atoms. The lowest BCUT2D eigenvalue weighted by Crippen LogP contribution is -2.27. The number of carbonyl (C=O) groups excluding carboxylic acids is 1. The molecule has 140 valence electrons. The first-order valence-electron chi connectivity index (χ1n) is 8.02. The molecule has 1 N–H and O–H groups in total. The molecule has 2 aromatic rings. The summed E-state index contributed by atoms with van der Waals surface area (Å²) in [5.41, 5.74) is 0.388. The Morgan fingerprint density at radius 2 is 2.26 bits per heavy atom. The number of halogens is 2. The van der Waals surface area contributed by atoms with Crippen molar-refractivity contribution in [2.75, 3.05) is 5.32 Å². The van der Waals surface area contributed by atoms with Crippen LogP contribution in [-0.2, 0) is 4.79 Å². The fraction of sp³-hybridized carbons (Fsp3) is 0.375. The molecule has 0 saturated heterocycles. The van der Waals surface area contributed by atoms with Crippen molar-refractivity contribution in [2.24, 2.45) is 11.1 Å². The van der Waals surface area contributed by atoms with Gasteiger partial charge in [-0.2, -0.15) is 19.1 Å². The van der Waals surface area contributed by atoms with Crippen LogP contribution in [0.1, 0.15) is 25.3 Å². The zero-order valence-corrected chi connectivity index (χ0v) is 13.9. The van der Waals surface area contributed by atoms with Gasteiger partial charge in [0.05, 0.1) is 36.1 Å². The van der Waals surface area contributed by atoms with Gasteiger partial charge in [0.15, 0.2) is 11.5 Å². The lowest BCUT2D eigenvalue weighted by Gasteiger charge is -2.26. The number of anilines is 2. The zero-order valence-electron chi connectivity index (χ0n) is 13.9. The number of rotatable bonds is 6. The SMILES string of the molecule is N#C[C@H]1CC(=O)CC[C@@H]1n1cc(N=O)c(Nc2ccc(OC(F)F)nc2)n1. The maximum atomic E-state index is 12.1. The number of ketones is 1. The number of ether oxygens (including phenoxy) is 1. The van der Waals surface area contributed by atoms with E-state index in [0.717, 1.165) is 0 Å². The summed E-state index contributed by atoms with van der Waals surface area (Å²) in [6.07, 6.45) is 3.57. The summed E-state index contributed by atoms with van der Waals surface area (Å²) in [7, 11) is 0. The summed E-state index contributed by atoms with van der Waals surface area (Å²) < 4.78 is 29.9. The van der Waals surface area contributed by atoms with Crippen molar-refractivity contribution in [3.05, 3.63) is 29.4 Å². The Morgan fingerprint density at radius 1 is 1.44 bits per heavy atom. The average molecular weight is 376 g/mol. The van der Waals surface area contributed by atoms with E-state index in [1.54, 1.807) is 0 Å². The van der Waals surface area contributed by atoms with Gasteiger partial charge < -0.3 is 10.1 Å². The standard InChI is InChI=1S/C16H14F2N6O3/c17-16(18)27-14-4-1-10(7-20-14)21-15-12(23-26)8-24(22-15)13-3-2-11(25)5-9(13)6-19/h1,4,7-9,13,16H,2-3,5H2,(H,21,22)/t9-,13+/m1/s1. The number of hydrogen-bond donors (Lipinski definition) is 1. The molecule has 1 fully saturated rings. The predicted molar refractivity (Wildman–Crippen MR) is 88.8 cm³/mol. The quantitative estimate of drug-likeness (QED) is 0.766. The second-order valence-corrected chi connectivity index (χ2v) is 5.91. The Labute approximate surface area is 151 Å². The molecule has 2 aromatic heterocycles. The van der Waals surface area contributed by atoms with E-state index in [0.29, 0.717) is 18.5 Å². The number of Topliss-reactive ketones (excluding diaryl/α,β-unsaturated/α-hetero) is 1. The minimum atomic E-state index is -2.98. The average Bonchev–Trinajstić information content (AvgIpc) is 3.05. The summed E-state index contributed by atoms with van der Waals surface area (Å²) in [5.74, 6) is -0.637. The van der Waals surface area contributed by atoms with E-state index in [-0.39, 0.29) is 35.6 Å². The molecule has 0 unspecified atom stereocenters. The highest BCUT2D eigenvalue weighted by atomic mass is 19.3. The second kappa shape index (κ2) is 7.86. The normalized spacial score (nSPS) is 19.6. The van der Waals surface area contributed by atoms with Gasteiger partial charge >= 0.3 is 6.61 Å². The van der Waals surface area contributed by atoms with Gasteiger partial charge in [-0.3, -0.25) is 9.48 Å². The Balaban J connectivity index is 1.79. The van der Waals surface area contributed by atoms with Gasteiger partial charge in [0.2, 0.25) is 5.88 Å². The molecule has 1 aliphatic rings. The first-order chi connectivity index (χ1) is 13.0. The molecule has 0 spiro atoms. The van der Waals surface area contributed by atoms with Gasteiger partial charge in [0.25, 0.3) is 0 Å². The molecule has 2 atom stereocenters. The topological polar surface area (TPSA) is 122 Å². The number of carbonyl (C=O) groups is 1. The number of pyridine rings is 1. The van der Waals surface area contributed by atoms with E-state index >= 15 is 0 Å². The van der Waals surface area contributed by atoms with E-state index < -0.39 is 12.5 Å². The van der Waals surface area contributed by atoms with E-state index in [9.17, 15) is 23.7 Å². The molecule has 9 nitrogen and oxygen atoms in total. The summed E-state index contributed by atoms with van der Waals surface area (Å²) in [4.78, 5) is 26.4. The largest absolute Gasteiger partial charge is 0.417 e. The molecule has 0 aliphatic heterocycles. The van der Waals surface area contributed by atoms with Gasteiger partial charge in [0.1, 0.15) is 5.78 Å². The van der Waals surface area contributed by atoms with Crippen molar-refractivity contribution >= 4 is 23.0 Å². The van der Waals surface area contributed by atoms with Crippen molar-refractivity contribution < 1.29 is 18.3 Å². The van der Waals surface area contributed by atoms with Gasteiger partial charge in [-0.05, 0) is 17.7 Å². The molecule has 1 saturated carbocycles. The van der Waals surface area contributed by atoms with Crippen molar-refractivity contribution in [3.63, 3.8) is 0 Å². The zero-order chi connectivity index (χ0) is 19.4. The van der Waals surface area contributed by atoms with Gasteiger partial charge in [-0.15, -0.1) is 4.91 Å². The van der Waals surface area contributed by atoms with Crippen LogP contribution in [0.2, 0.25) is 0 Å². The first kappa shape index (κ1) is 18.4. The Kier molecular flexibility index (Phi) is 5.35. The minimum absolute atomic E-state index is 0.0106. The van der Waals surface area contributed by atoms with E-state index in [1.165, 1.54) is 29.2 Å². The van der Waals surface area contributed by atoms with Gasteiger partial charge in [0, 0.05) is 18.9 Å². The number of nitriles is 1. The third-order valence-electron chi connectivity index (χ3n) is 4.16. The smallest absolute Gasteiger partial charge is 0.388 e. The number of aromatic nitrogens is 3. The molecular weight excluding hydrogens is 362 g/mol. The summed E-state index contributed by atoms with van der Waals surface area (Å²) in [6, 6.07) is 4.42. The fourth-order valence-corrected chi connectivity index (χ4v) is 2.90. The lowest BCUT2D eigenvalue weighted by molar-refractivity contribution is -0.121. The molecule has 0 aromatic carbocycles. The second-order valence-electron chi connectivity index (χ2n) is 5.91. The molecular formula is C16H14F2N6O3. The lowest BCUT2D eigenvalue weighted by atomic mass is 9.85. The maximum Gasteiger partial charge on any atom is 0.388 e. The molecule has 3 rings (SSSR count). The van der Waals surface area contributed by atoms with Crippen LogP contribution >= 0.6 is 0 Å². The summed E-state index contributed by atoms with van der Waals surface area (Å²) in [5, 5.41) is 19.3. The van der Waals surface area contributed by atoms with Gasteiger partial charge in [-0.25, -0.2) is 4.98 Å². The number of hydrogen-bond acceptors (Lipinski definition) is 8. The highest BCUT2D eigenvalue weighted by Crippen LogP contribution is 2.35. The highest BCUT2D eigenvalue weighted by molar-refractivity contribution is 5.80. The van der Waals surface area contributed by atoms with E-state index in [4.69, 9.17) is 0 Å². The van der Waals surface area contributed by atoms with Crippen molar-refractivity contribution in [1.82, 2.24) is 14.8 Å². The Hall–Kier alpha value is -3.42. The number of nitrogens with one attached hydrogen (secondary N) is 1. The maximum absolute atomic E-state index is 12.1. The van der Waals surface area contributed by atoms with Crippen LogP contribution in [0.25, 0.3) is 0 Å². The third kappa shape index (κ3) is 4.22. The van der Waals surface area contributed by atoms with Crippen LogP contribution in [-0.4, -0.2) is 27.2 Å². The van der Waals surface area contributed by atoms with Crippen LogP contribution < -0.4 is 10.1 Å². The van der Waals surface area contributed by atoms with E-state index in [1.807, 2.05) is 0 Å². The molecule has 1 aliphatic carbocycles. The van der Waals surface area contributed by atoms with Crippen LogP contribution in [0, 0.1) is 22.2 Å². The number of nitrogens with zero attached hydrogens (tertiary/aromatic N) is 5. The Morgan fingerprint density at radius 3 is 2.89 bits per heavy atom. The third-order valence-corrected chi connectivity index (χ3v) is 4.16. The van der Waals surface area contributed by atoms with Crippen LogP contribution in [0.4, 0.5) is 26.0 Å². The predicted octanol–water partition coefficient (Wildman–Crippen LogP) is 3.45. The fourth-order valence-electron chi connectivity index (χ4n) is 2.90.